The van der Waals surface area contributed by atoms with Crippen molar-refractivity contribution in [2.75, 3.05) is 20.7 Å². The Kier molecular flexibility index (Phi) is 8.00. The van der Waals surface area contributed by atoms with Crippen molar-refractivity contribution in [2.45, 2.75) is 32.9 Å². The highest BCUT2D eigenvalue weighted by Gasteiger charge is 2.10. The van der Waals surface area contributed by atoms with Gasteiger partial charge in [-0.1, -0.05) is 13.0 Å². The Balaban J connectivity index is 0.00000289. The molecule has 0 saturated carbocycles. The van der Waals surface area contributed by atoms with E-state index in [0.717, 1.165) is 18.7 Å². The van der Waals surface area contributed by atoms with Crippen molar-refractivity contribution in [3.63, 3.8) is 0 Å². The van der Waals surface area contributed by atoms with Crippen molar-refractivity contribution in [3.8, 4) is 5.75 Å². The summed E-state index contributed by atoms with van der Waals surface area (Å²) in [5, 5.41) is 0. The van der Waals surface area contributed by atoms with Crippen molar-refractivity contribution in [3.05, 3.63) is 29.3 Å². The van der Waals surface area contributed by atoms with E-state index >= 15 is 0 Å². The first-order valence-corrected chi connectivity index (χ1v) is 6.18. The van der Waals surface area contributed by atoms with Gasteiger partial charge in [-0.15, -0.1) is 12.4 Å². The maximum atomic E-state index is 5.68. The molecule has 18 heavy (non-hydrogen) atoms. The fourth-order valence-corrected chi connectivity index (χ4v) is 1.82. The predicted molar refractivity (Wildman–Crippen MR) is 79.6 cm³/mol. The summed E-state index contributed by atoms with van der Waals surface area (Å²) in [5.74, 6) is 0.931. The van der Waals surface area contributed by atoms with Gasteiger partial charge >= 0.3 is 0 Å². The van der Waals surface area contributed by atoms with Crippen molar-refractivity contribution in [1.29, 1.82) is 0 Å². The van der Waals surface area contributed by atoms with E-state index in [4.69, 9.17) is 10.5 Å². The molecular weight excluding hydrogens is 248 g/mol. The molecule has 0 spiro atoms. The summed E-state index contributed by atoms with van der Waals surface area (Å²) in [6.07, 6.45) is 1.03. The van der Waals surface area contributed by atoms with Crippen LogP contribution in [0.1, 0.15) is 25.0 Å². The number of nitrogens with two attached hydrogens (primary N) is 1. The summed E-state index contributed by atoms with van der Waals surface area (Å²) < 4.78 is 5.25. The Bertz CT molecular complexity index is 358. The van der Waals surface area contributed by atoms with E-state index in [0.29, 0.717) is 12.6 Å². The molecule has 0 bridgehead atoms. The van der Waals surface area contributed by atoms with Crippen LogP contribution in [0.3, 0.4) is 0 Å². The third-order valence-corrected chi connectivity index (χ3v) is 3.31. The molecule has 1 aromatic carbocycles. The van der Waals surface area contributed by atoms with E-state index in [-0.39, 0.29) is 12.4 Å². The first-order chi connectivity index (χ1) is 8.12. The zero-order valence-corrected chi connectivity index (χ0v) is 12.6. The first-order valence-electron chi connectivity index (χ1n) is 6.18. The molecular formula is C14H25ClN2O. The molecule has 1 aromatic rings. The van der Waals surface area contributed by atoms with Crippen LogP contribution in [0.15, 0.2) is 18.2 Å². The Hall–Kier alpha value is -0.770. The topological polar surface area (TPSA) is 38.5 Å². The maximum Gasteiger partial charge on any atom is 0.119 e. The molecule has 0 radical (unpaired) electrons. The highest BCUT2D eigenvalue weighted by molar-refractivity contribution is 5.85. The minimum atomic E-state index is 0. The van der Waals surface area contributed by atoms with E-state index in [1.165, 1.54) is 11.1 Å². The third-order valence-electron chi connectivity index (χ3n) is 3.31. The first kappa shape index (κ1) is 17.2. The van der Waals surface area contributed by atoms with Crippen LogP contribution in [-0.4, -0.2) is 31.6 Å². The Labute approximate surface area is 117 Å². The van der Waals surface area contributed by atoms with Crippen LogP contribution in [0.2, 0.25) is 0 Å². The van der Waals surface area contributed by atoms with Crippen molar-refractivity contribution >= 4 is 12.4 Å². The molecule has 104 valence electrons. The SMILES string of the molecule is CCc1cc(OC)ccc1CN(C)C(C)CN.Cl. The summed E-state index contributed by atoms with van der Waals surface area (Å²) >= 11 is 0. The molecule has 0 amide bonds. The molecule has 1 unspecified atom stereocenters. The number of ether oxygens (including phenoxy) is 1. The molecule has 0 aliphatic carbocycles. The molecule has 1 rings (SSSR count). The zero-order valence-electron chi connectivity index (χ0n) is 11.8. The van der Waals surface area contributed by atoms with Gasteiger partial charge in [-0.3, -0.25) is 4.90 Å². The summed E-state index contributed by atoms with van der Waals surface area (Å²) in [5.41, 5.74) is 8.39. The number of aryl methyl sites for hydroxylation is 1. The van der Waals surface area contributed by atoms with Gasteiger partial charge in [-0.25, -0.2) is 0 Å². The fraction of sp³-hybridized carbons (Fsp3) is 0.571. The van der Waals surface area contributed by atoms with E-state index in [9.17, 15) is 0 Å². The lowest BCUT2D eigenvalue weighted by atomic mass is 10.0. The number of hydrogen-bond acceptors (Lipinski definition) is 3. The van der Waals surface area contributed by atoms with Crippen LogP contribution in [0.25, 0.3) is 0 Å². The van der Waals surface area contributed by atoms with E-state index in [2.05, 4.69) is 37.9 Å². The van der Waals surface area contributed by atoms with Gasteiger partial charge in [0.25, 0.3) is 0 Å². The summed E-state index contributed by atoms with van der Waals surface area (Å²) in [6.45, 7) is 5.94. The van der Waals surface area contributed by atoms with Crippen LogP contribution in [0.4, 0.5) is 0 Å². The molecule has 4 heteroatoms. The Morgan fingerprint density at radius 2 is 2.00 bits per heavy atom. The van der Waals surface area contributed by atoms with E-state index in [1.54, 1.807) is 7.11 Å². The quantitative estimate of drug-likeness (QED) is 0.865. The summed E-state index contributed by atoms with van der Waals surface area (Å²) in [7, 11) is 3.82. The molecule has 1 atom stereocenters. The van der Waals surface area contributed by atoms with Crippen molar-refractivity contribution < 1.29 is 4.74 Å². The zero-order chi connectivity index (χ0) is 12.8. The number of likely N-dealkylation sites (N-methyl/N-ethyl adjacent to an activating group) is 1. The van der Waals surface area contributed by atoms with Crippen LogP contribution >= 0.6 is 12.4 Å². The normalized spacial score (nSPS) is 12.1. The molecule has 0 aliphatic rings. The van der Waals surface area contributed by atoms with Crippen LogP contribution in [0.5, 0.6) is 5.75 Å². The van der Waals surface area contributed by atoms with E-state index < -0.39 is 0 Å². The van der Waals surface area contributed by atoms with Gasteiger partial charge in [0, 0.05) is 19.1 Å². The van der Waals surface area contributed by atoms with Gasteiger partial charge in [0.05, 0.1) is 7.11 Å². The lowest BCUT2D eigenvalue weighted by Crippen LogP contribution is -2.34. The van der Waals surface area contributed by atoms with Gasteiger partial charge in [0.15, 0.2) is 0 Å². The summed E-state index contributed by atoms with van der Waals surface area (Å²) in [6, 6.07) is 6.70. The van der Waals surface area contributed by atoms with Gasteiger partial charge in [0.1, 0.15) is 5.75 Å². The minimum absolute atomic E-state index is 0. The number of nitrogens with zero attached hydrogens (tertiary/aromatic N) is 1. The summed E-state index contributed by atoms with van der Waals surface area (Å²) in [4.78, 5) is 2.28. The predicted octanol–water partition coefficient (Wildman–Crippen LogP) is 2.46. The number of methoxy groups -OCH3 is 1. The van der Waals surface area contributed by atoms with Gasteiger partial charge in [-0.05, 0) is 43.7 Å². The third kappa shape index (κ3) is 4.48. The number of hydrogen-bond donors (Lipinski definition) is 1. The highest BCUT2D eigenvalue weighted by Crippen LogP contribution is 2.19. The second kappa shape index (κ2) is 8.35. The van der Waals surface area contributed by atoms with Gasteiger partial charge < -0.3 is 10.5 Å². The Morgan fingerprint density at radius 1 is 1.33 bits per heavy atom. The van der Waals surface area contributed by atoms with E-state index in [1.807, 2.05) is 6.07 Å². The maximum absolute atomic E-state index is 5.68. The average molecular weight is 273 g/mol. The smallest absolute Gasteiger partial charge is 0.119 e. The van der Waals surface area contributed by atoms with Gasteiger partial charge in [0.2, 0.25) is 0 Å². The lowest BCUT2D eigenvalue weighted by molar-refractivity contribution is 0.254. The average Bonchev–Trinajstić information content (AvgIpc) is 2.37. The Morgan fingerprint density at radius 3 is 2.50 bits per heavy atom. The largest absolute Gasteiger partial charge is 0.497 e. The standard InChI is InChI=1S/C14H24N2O.ClH/c1-5-12-8-14(17-4)7-6-13(12)10-16(3)11(2)9-15;/h6-8,11H,5,9-10,15H2,1-4H3;1H. The second-order valence-electron chi connectivity index (χ2n) is 4.49. The molecule has 0 aromatic heterocycles. The molecule has 0 heterocycles. The van der Waals surface area contributed by atoms with Crippen LogP contribution in [-0.2, 0) is 13.0 Å². The molecule has 0 aliphatic heterocycles. The monoisotopic (exact) mass is 272 g/mol. The fourth-order valence-electron chi connectivity index (χ4n) is 1.82. The molecule has 3 nitrogen and oxygen atoms in total. The van der Waals surface area contributed by atoms with Crippen molar-refractivity contribution in [2.24, 2.45) is 5.73 Å². The number of benzene rings is 1. The molecule has 2 N–H and O–H groups in total. The number of halogens is 1. The van der Waals surface area contributed by atoms with Gasteiger partial charge in [-0.2, -0.15) is 0 Å². The molecule has 0 saturated heterocycles. The second-order valence-corrected chi connectivity index (χ2v) is 4.49. The van der Waals surface area contributed by atoms with Crippen LogP contribution < -0.4 is 10.5 Å². The molecule has 0 fully saturated rings. The van der Waals surface area contributed by atoms with Crippen molar-refractivity contribution in [1.82, 2.24) is 4.90 Å². The number of rotatable bonds is 6. The lowest BCUT2D eigenvalue weighted by Gasteiger charge is -2.24. The minimum Gasteiger partial charge on any atom is -0.497 e. The van der Waals surface area contributed by atoms with Crippen LogP contribution in [0, 0.1) is 0 Å². The highest BCUT2D eigenvalue weighted by atomic mass is 35.5.